The van der Waals surface area contributed by atoms with Crippen LogP contribution < -0.4 is 14.8 Å². The average Bonchev–Trinajstić information content (AvgIpc) is 3.15. The molecule has 2 aromatic rings. The van der Waals surface area contributed by atoms with Crippen LogP contribution in [0, 0.1) is 6.92 Å². The van der Waals surface area contributed by atoms with Crippen LogP contribution in [0.25, 0.3) is 6.08 Å². The summed E-state index contributed by atoms with van der Waals surface area (Å²) >= 11 is 1.33. The molecule has 0 saturated carbocycles. The van der Waals surface area contributed by atoms with Crippen LogP contribution in [0.2, 0.25) is 0 Å². The summed E-state index contributed by atoms with van der Waals surface area (Å²) in [6.07, 6.45) is 1.85. The number of nitrogens with zero attached hydrogens (tertiary/aromatic N) is 1. The number of fused-ring (bicyclic) bond motifs is 1. The van der Waals surface area contributed by atoms with E-state index in [4.69, 9.17) is 9.47 Å². The van der Waals surface area contributed by atoms with E-state index < -0.39 is 0 Å². The average molecular weight is 338 g/mol. The summed E-state index contributed by atoms with van der Waals surface area (Å²) in [5.41, 5.74) is 2.76. The number of hydrogen-bond acceptors (Lipinski definition) is 5. The number of benzene rings is 2. The quantitative estimate of drug-likeness (QED) is 0.850. The van der Waals surface area contributed by atoms with E-state index >= 15 is 0 Å². The minimum Gasteiger partial charge on any atom is -0.454 e. The molecule has 120 valence electrons. The van der Waals surface area contributed by atoms with Gasteiger partial charge in [-0.15, -0.1) is 0 Å². The predicted molar refractivity (Wildman–Crippen MR) is 94.5 cm³/mol. The molecule has 0 aliphatic carbocycles. The molecular weight excluding hydrogens is 324 g/mol. The van der Waals surface area contributed by atoms with Crippen LogP contribution >= 0.6 is 11.8 Å². The van der Waals surface area contributed by atoms with Gasteiger partial charge in [-0.25, -0.2) is 4.99 Å². The maximum absolute atomic E-state index is 12.2. The third kappa shape index (κ3) is 2.88. The number of ether oxygens (including phenoxy) is 2. The van der Waals surface area contributed by atoms with Crippen molar-refractivity contribution in [3.63, 3.8) is 0 Å². The number of para-hydroxylation sites is 1. The Bertz CT molecular complexity index is 875. The highest BCUT2D eigenvalue weighted by Crippen LogP contribution is 2.36. The zero-order chi connectivity index (χ0) is 16.5. The Kier molecular flexibility index (Phi) is 3.74. The van der Waals surface area contributed by atoms with Gasteiger partial charge in [0.15, 0.2) is 16.7 Å². The van der Waals surface area contributed by atoms with Crippen molar-refractivity contribution in [2.45, 2.75) is 6.92 Å². The molecular formula is C18H14N2O3S. The highest BCUT2D eigenvalue weighted by molar-refractivity contribution is 8.18. The number of thioether (sulfide) groups is 1. The Hall–Kier alpha value is -2.73. The van der Waals surface area contributed by atoms with E-state index in [1.54, 1.807) is 0 Å². The standard InChI is InChI=1S/C18H14N2O3S/c1-11-7-14-15(23-10-22-14)8-12(11)9-16-17(21)20-18(24-16)19-13-5-3-2-4-6-13/h2-9H,10H2,1H3,(H,19,20,21)/b16-9-. The fraction of sp³-hybridized carbons (Fsp3) is 0.111. The van der Waals surface area contributed by atoms with E-state index in [0.717, 1.165) is 22.6 Å². The summed E-state index contributed by atoms with van der Waals surface area (Å²) in [6, 6.07) is 13.3. The van der Waals surface area contributed by atoms with E-state index in [1.807, 2.05) is 55.5 Å². The number of aliphatic imine (C=N–C) groups is 1. The van der Waals surface area contributed by atoms with E-state index in [2.05, 4.69) is 10.3 Å². The second-order valence-electron chi connectivity index (χ2n) is 5.38. The third-order valence-electron chi connectivity index (χ3n) is 3.69. The minimum absolute atomic E-state index is 0.147. The van der Waals surface area contributed by atoms with E-state index in [-0.39, 0.29) is 12.7 Å². The number of carbonyl (C=O) groups excluding carboxylic acids is 1. The van der Waals surface area contributed by atoms with Crippen LogP contribution in [0.15, 0.2) is 52.4 Å². The van der Waals surface area contributed by atoms with Gasteiger partial charge in [-0.2, -0.15) is 0 Å². The lowest BCUT2D eigenvalue weighted by Crippen LogP contribution is -2.19. The summed E-state index contributed by atoms with van der Waals surface area (Å²) in [5.74, 6) is 1.30. The Morgan fingerprint density at radius 3 is 2.71 bits per heavy atom. The van der Waals surface area contributed by atoms with Gasteiger partial charge in [0, 0.05) is 0 Å². The first kappa shape index (κ1) is 14.8. The second kappa shape index (κ2) is 6.05. The van der Waals surface area contributed by atoms with Gasteiger partial charge in [-0.1, -0.05) is 18.2 Å². The summed E-state index contributed by atoms with van der Waals surface area (Å²) in [7, 11) is 0. The number of rotatable bonds is 2. The van der Waals surface area contributed by atoms with Crippen molar-refractivity contribution in [2.75, 3.05) is 6.79 Å². The van der Waals surface area contributed by atoms with Gasteiger partial charge >= 0.3 is 0 Å². The lowest BCUT2D eigenvalue weighted by Gasteiger charge is -2.03. The van der Waals surface area contributed by atoms with Crippen LogP contribution in [0.4, 0.5) is 5.69 Å². The molecule has 2 aliphatic rings. The molecule has 6 heteroatoms. The van der Waals surface area contributed by atoms with Crippen molar-refractivity contribution in [3.8, 4) is 11.5 Å². The molecule has 0 radical (unpaired) electrons. The van der Waals surface area contributed by atoms with Gasteiger partial charge in [-0.05, 0) is 60.2 Å². The van der Waals surface area contributed by atoms with Gasteiger partial charge in [0.2, 0.25) is 6.79 Å². The smallest absolute Gasteiger partial charge is 0.264 e. The van der Waals surface area contributed by atoms with Crippen LogP contribution in [0.3, 0.4) is 0 Å². The monoisotopic (exact) mass is 338 g/mol. The normalized spacial score (nSPS) is 19.1. The number of nitrogens with one attached hydrogen (secondary N) is 1. The number of carbonyl (C=O) groups is 1. The molecule has 1 saturated heterocycles. The topological polar surface area (TPSA) is 59.9 Å². The summed E-state index contributed by atoms with van der Waals surface area (Å²) in [6.45, 7) is 2.21. The van der Waals surface area contributed by atoms with Crippen molar-refractivity contribution in [1.29, 1.82) is 0 Å². The number of amides is 1. The maximum atomic E-state index is 12.2. The van der Waals surface area contributed by atoms with Crippen LogP contribution in [0.5, 0.6) is 11.5 Å². The largest absolute Gasteiger partial charge is 0.454 e. The van der Waals surface area contributed by atoms with Gasteiger partial charge in [0.25, 0.3) is 5.91 Å². The molecule has 2 heterocycles. The van der Waals surface area contributed by atoms with Gasteiger partial charge in [0.05, 0.1) is 10.6 Å². The summed E-state index contributed by atoms with van der Waals surface area (Å²) in [4.78, 5) is 17.2. The highest BCUT2D eigenvalue weighted by atomic mass is 32.2. The SMILES string of the molecule is Cc1cc2c(cc1/C=C1\SC(=Nc3ccccc3)NC1=O)OCO2. The molecule has 1 fully saturated rings. The maximum Gasteiger partial charge on any atom is 0.264 e. The van der Waals surface area contributed by atoms with E-state index in [0.29, 0.717) is 15.8 Å². The molecule has 2 aromatic carbocycles. The molecule has 0 spiro atoms. The molecule has 2 aliphatic heterocycles. The number of aryl methyl sites for hydroxylation is 1. The molecule has 1 amide bonds. The molecule has 1 N–H and O–H groups in total. The predicted octanol–water partition coefficient (Wildman–Crippen LogP) is 3.62. The highest BCUT2D eigenvalue weighted by Gasteiger charge is 2.24. The van der Waals surface area contributed by atoms with Crippen molar-refractivity contribution in [3.05, 3.63) is 58.5 Å². The molecule has 4 rings (SSSR count). The fourth-order valence-corrected chi connectivity index (χ4v) is 3.29. The van der Waals surface area contributed by atoms with Crippen molar-refractivity contribution >= 4 is 34.6 Å². The summed E-state index contributed by atoms with van der Waals surface area (Å²) in [5, 5.41) is 3.37. The van der Waals surface area contributed by atoms with Crippen molar-refractivity contribution < 1.29 is 14.3 Å². The molecule has 0 bridgehead atoms. The second-order valence-corrected chi connectivity index (χ2v) is 6.41. The molecule has 0 atom stereocenters. The molecule has 0 aromatic heterocycles. The first-order valence-electron chi connectivity index (χ1n) is 7.44. The van der Waals surface area contributed by atoms with Crippen molar-refractivity contribution in [1.82, 2.24) is 5.32 Å². The molecule has 5 nitrogen and oxygen atoms in total. The van der Waals surface area contributed by atoms with Gasteiger partial charge in [-0.3, -0.25) is 4.79 Å². The Labute approximate surface area is 143 Å². The first-order chi connectivity index (χ1) is 11.7. The molecule has 0 unspecified atom stereocenters. The Balaban J connectivity index is 1.62. The minimum atomic E-state index is -0.147. The lowest BCUT2D eigenvalue weighted by atomic mass is 10.1. The number of hydrogen-bond donors (Lipinski definition) is 1. The van der Waals surface area contributed by atoms with Crippen molar-refractivity contribution in [2.24, 2.45) is 4.99 Å². The first-order valence-corrected chi connectivity index (χ1v) is 8.25. The Morgan fingerprint density at radius 1 is 1.17 bits per heavy atom. The fourth-order valence-electron chi connectivity index (χ4n) is 2.46. The van der Waals surface area contributed by atoms with Gasteiger partial charge in [0.1, 0.15) is 0 Å². The summed E-state index contributed by atoms with van der Waals surface area (Å²) < 4.78 is 10.8. The van der Waals surface area contributed by atoms with Crippen LogP contribution in [-0.4, -0.2) is 17.9 Å². The lowest BCUT2D eigenvalue weighted by molar-refractivity contribution is -0.115. The molecule has 24 heavy (non-hydrogen) atoms. The third-order valence-corrected chi connectivity index (χ3v) is 4.60. The number of amidine groups is 1. The van der Waals surface area contributed by atoms with Crippen LogP contribution in [-0.2, 0) is 4.79 Å². The zero-order valence-corrected chi connectivity index (χ0v) is 13.7. The van der Waals surface area contributed by atoms with E-state index in [1.165, 1.54) is 11.8 Å². The van der Waals surface area contributed by atoms with Crippen LogP contribution in [0.1, 0.15) is 11.1 Å². The van der Waals surface area contributed by atoms with Gasteiger partial charge < -0.3 is 14.8 Å². The Morgan fingerprint density at radius 2 is 1.92 bits per heavy atom. The zero-order valence-electron chi connectivity index (χ0n) is 12.9. The van der Waals surface area contributed by atoms with E-state index in [9.17, 15) is 4.79 Å².